The van der Waals surface area contributed by atoms with E-state index in [1.165, 1.54) is 21.1 Å². The van der Waals surface area contributed by atoms with Gasteiger partial charge >= 0.3 is 0 Å². The average molecular weight is 469 g/mol. The molecule has 0 bridgehead atoms. The Bertz CT molecular complexity index is 603. The van der Waals surface area contributed by atoms with E-state index in [2.05, 4.69) is 5.32 Å². The summed E-state index contributed by atoms with van der Waals surface area (Å²) < 4.78 is 33.8. The Hall–Kier alpha value is -0.970. The number of rotatable bonds is 10. The summed E-state index contributed by atoms with van der Waals surface area (Å²) in [5, 5.41) is 52.8. The molecular weight excluding hydrogens is 434 g/mol. The normalized spacial score (nSPS) is 36.8. The molecule has 32 heavy (non-hydrogen) atoms. The van der Waals surface area contributed by atoms with E-state index >= 15 is 0 Å². The van der Waals surface area contributed by atoms with Crippen LogP contribution in [0.1, 0.15) is 20.8 Å². The molecule has 9 atom stereocenters. The topological polar surface area (TPSA) is 186 Å². The van der Waals surface area contributed by atoms with Gasteiger partial charge in [-0.05, 0) is 13.8 Å². The van der Waals surface area contributed by atoms with Crippen molar-refractivity contribution in [1.82, 2.24) is 5.32 Å². The molecule has 0 aromatic carbocycles. The average Bonchev–Trinajstić information content (AvgIpc) is 3.06. The quantitative estimate of drug-likeness (QED) is 0.176. The van der Waals surface area contributed by atoms with Crippen LogP contribution >= 0.6 is 0 Å². The van der Waals surface area contributed by atoms with Crippen LogP contribution in [0.3, 0.4) is 0 Å². The van der Waals surface area contributed by atoms with Gasteiger partial charge in [0, 0.05) is 21.1 Å². The van der Waals surface area contributed by atoms with Gasteiger partial charge in [-0.1, -0.05) is 0 Å². The van der Waals surface area contributed by atoms with Crippen molar-refractivity contribution in [2.24, 2.45) is 0 Å². The summed E-state index contributed by atoms with van der Waals surface area (Å²) in [6, 6.07) is -1.26. The van der Waals surface area contributed by atoms with Crippen LogP contribution in [0.4, 0.5) is 0 Å². The molecule has 1 amide bonds. The minimum absolute atomic E-state index is 0.543. The van der Waals surface area contributed by atoms with Gasteiger partial charge in [0.05, 0.1) is 13.2 Å². The largest absolute Gasteiger partial charge is 0.394 e. The first-order valence-corrected chi connectivity index (χ1v) is 10.2. The maximum Gasteiger partial charge on any atom is 0.217 e. The van der Waals surface area contributed by atoms with Crippen molar-refractivity contribution in [3.05, 3.63) is 0 Å². The Kier molecular flexibility index (Phi) is 9.75. The van der Waals surface area contributed by atoms with Crippen LogP contribution in [0, 0.1) is 0 Å². The number of aliphatic hydroxyl groups is 5. The van der Waals surface area contributed by atoms with Crippen LogP contribution in [0.25, 0.3) is 0 Å². The van der Waals surface area contributed by atoms with Crippen molar-refractivity contribution >= 4 is 5.91 Å². The Morgan fingerprint density at radius 2 is 1.69 bits per heavy atom. The zero-order valence-corrected chi connectivity index (χ0v) is 18.8. The fourth-order valence-corrected chi connectivity index (χ4v) is 3.88. The summed E-state index contributed by atoms with van der Waals surface area (Å²) >= 11 is 0. The van der Waals surface area contributed by atoms with Crippen LogP contribution in [0.5, 0.6) is 0 Å². The number of amides is 1. The highest BCUT2D eigenvalue weighted by Crippen LogP contribution is 2.36. The Morgan fingerprint density at radius 1 is 1.09 bits per heavy atom. The standard InChI is InChI=1S/C19H35NO12/c1-8(23)20-11-13(26)12(25)10(7-22)29-17(11)30-14(9(24)6-21)15-16(18(27-4)28-5)32-19(2,3)31-15/h9-18,21-22,24-26H,6-7H2,1-5H3,(H,20,23)/t9-,10-,11+,12+,13-,14-,15+,16-,17+/m1/s1. The van der Waals surface area contributed by atoms with E-state index in [1.807, 2.05) is 0 Å². The molecule has 6 N–H and O–H groups in total. The van der Waals surface area contributed by atoms with E-state index in [0.717, 1.165) is 0 Å². The van der Waals surface area contributed by atoms with Gasteiger partial charge in [0.2, 0.25) is 5.91 Å². The predicted molar refractivity (Wildman–Crippen MR) is 105 cm³/mol. The lowest BCUT2D eigenvalue weighted by Crippen LogP contribution is -2.66. The molecule has 0 aromatic heterocycles. The molecule has 2 aliphatic heterocycles. The Labute approximate surface area is 186 Å². The van der Waals surface area contributed by atoms with Crippen molar-refractivity contribution in [3.63, 3.8) is 0 Å². The van der Waals surface area contributed by atoms with E-state index in [-0.39, 0.29) is 0 Å². The van der Waals surface area contributed by atoms with Crippen molar-refractivity contribution in [2.45, 2.75) is 87.9 Å². The number of hydrogen-bond donors (Lipinski definition) is 6. The Balaban J connectivity index is 2.37. The number of carbonyl (C=O) groups excluding carboxylic acids is 1. The van der Waals surface area contributed by atoms with Gasteiger partial charge < -0.3 is 59.3 Å². The predicted octanol–water partition coefficient (Wildman–Crippen LogP) is -3.19. The second kappa shape index (κ2) is 11.4. The molecule has 0 spiro atoms. The van der Waals surface area contributed by atoms with Gasteiger partial charge in [-0.15, -0.1) is 0 Å². The van der Waals surface area contributed by atoms with Crippen molar-refractivity contribution in [1.29, 1.82) is 0 Å². The number of ether oxygens (including phenoxy) is 6. The highest BCUT2D eigenvalue weighted by molar-refractivity contribution is 5.73. The molecular formula is C19H35NO12. The van der Waals surface area contributed by atoms with E-state index in [1.54, 1.807) is 13.8 Å². The highest BCUT2D eigenvalue weighted by atomic mass is 16.8. The molecule has 2 saturated heterocycles. The monoisotopic (exact) mass is 469 g/mol. The second-order valence-corrected chi connectivity index (χ2v) is 8.19. The minimum Gasteiger partial charge on any atom is -0.394 e. The number of nitrogens with one attached hydrogen (secondary N) is 1. The molecule has 2 aliphatic rings. The van der Waals surface area contributed by atoms with E-state index in [9.17, 15) is 30.3 Å². The molecule has 0 aromatic rings. The fraction of sp³-hybridized carbons (Fsp3) is 0.947. The SMILES string of the molecule is COC(OC)[C@@H]1OC(C)(C)O[C@H]1[C@H](O[C@@H]1O[C@H](CO)[C@H](O)[C@H](O)[C@@H]1NC(C)=O)[C@H](O)CO. The lowest BCUT2D eigenvalue weighted by molar-refractivity contribution is -0.303. The Morgan fingerprint density at radius 3 is 2.19 bits per heavy atom. The second-order valence-electron chi connectivity index (χ2n) is 8.19. The van der Waals surface area contributed by atoms with E-state index in [0.29, 0.717) is 0 Å². The lowest BCUT2D eigenvalue weighted by Gasteiger charge is -2.44. The molecule has 2 fully saturated rings. The molecule has 0 unspecified atom stereocenters. The van der Waals surface area contributed by atoms with Gasteiger partial charge in [0.25, 0.3) is 0 Å². The van der Waals surface area contributed by atoms with Crippen LogP contribution in [-0.2, 0) is 33.2 Å². The lowest BCUT2D eigenvalue weighted by atomic mass is 9.96. The highest BCUT2D eigenvalue weighted by Gasteiger charge is 2.54. The molecule has 188 valence electrons. The summed E-state index contributed by atoms with van der Waals surface area (Å²) in [5.74, 6) is -1.67. The number of carbonyl (C=O) groups is 1. The van der Waals surface area contributed by atoms with Gasteiger partial charge in [0.1, 0.15) is 48.8 Å². The van der Waals surface area contributed by atoms with Gasteiger partial charge in [-0.3, -0.25) is 4.79 Å². The van der Waals surface area contributed by atoms with Gasteiger partial charge in [-0.2, -0.15) is 0 Å². The number of hydrogen-bond acceptors (Lipinski definition) is 12. The molecule has 2 heterocycles. The van der Waals surface area contributed by atoms with Crippen LogP contribution in [0.2, 0.25) is 0 Å². The smallest absolute Gasteiger partial charge is 0.217 e. The third-order valence-corrected chi connectivity index (χ3v) is 5.33. The third-order valence-electron chi connectivity index (χ3n) is 5.33. The maximum absolute atomic E-state index is 11.7. The van der Waals surface area contributed by atoms with Crippen LogP contribution < -0.4 is 5.32 Å². The number of aliphatic hydroxyl groups excluding tert-OH is 5. The minimum atomic E-state index is -1.56. The summed E-state index contributed by atoms with van der Waals surface area (Å²) in [7, 11) is 2.78. The molecule has 13 nitrogen and oxygen atoms in total. The van der Waals surface area contributed by atoms with Crippen molar-refractivity contribution in [2.75, 3.05) is 27.4 Å². The third kappa shape index (κ3) is 6.12. The summed E-state index contributed by atoms with van der Waals surface area (Å²) in [4.78, 5) is 11.7. The molecule has 0 aliphatic carbocycles. The fourth-order valence-electron chi connectivity index (χ4n) is 3.88. The maximum atomic E-state index is 11.7. The van der Waals surface area contributed by atoms with Gasteiger partial charge in [0.15, 0.2) is 18.4 Å². The van der Waals surface area contributed by atoms with Crippen LogP contribution in [-0.4, -0.2) is 126 Å². The molecule has 13 heteroatoms. The number of methoxy groups -OCH3 is 2. The van der Waals surface area contributed by atoms with Crippen molar-refractivity contribution < 1.29 is 58.7 Å². The van der Waals surface area contributed by atoms with E-state index < -0.39 is 86.3 Å². The van der Waals surface area contributed by atoms with Crippen molar-refractivity contribution in [3.8, 4) is 0 Å². The first-order chi connectivity index (χ1) is 15.0. The van der Waals surface area contributed by atoms with E-state index in [4.69, 9.17) is 28.4 Å². The first kappa shape index (κ1) is 27.3. The summed E-state index contributed by atoms with van der Waals surface area (Å²) in [6.07, 6.45) is -11.4. The molecule has 0 saturated carbocycles. The van der Waals surface area contributed by atoms with Gasteiger partial charge in [-0.25, -0.2) is 0 Å². The van der Waals surface area contributed by atoms with Crippen LogP contribution in [0.15, 0.2) is 0 Å². The summed E-state index contributed by atoms with van der Waals surface area (Å²) in [5.41, 5.74) is 0. The zero-order valence-electron chi connectivity index (χ0n) is 18.8. The zero-order chi connectivity index (χ0) is 24.2. The molecule has 2 rings (SSSR count). The first-order valence-electron chi connectivity index (χ1n) is 10.2. The summed E-state index contributed by atoms with van der Waals surface area (Å²) in [6.45, 7) is 3.08. The molecule has 0 radical (unpaired) electrons.